The van der Waals surface area contributed by atoms with E-state index in [0.717, 1.165) is 12.3 Å². The van der Waals surface area contributed by atoms with Crippen molar-refractivity contribution in [3.8, 4) is 0 Å². The summed E-state index contributed by atoms with van der Waals surface area (Å²) >= 11 is 0. The van der Waals surface area contributed by atoms with Crippen molar-refractivity contribution in [2.75, 3.05) is 6.61 Å². The molecule has 0 amide bonds. The Kier molecular flexibility index (Phi) is 3.39. The number of esters is 1. The Morgan fingerprint density at radius 1 is 1.36 bits per heavy atom. The monoisotopic (exact) mass is 338 g/mol. The molecule has 0 saturated heterocycles. The van der Waals surface area contributed by atoms with Crippen molar-refractivity contribution in [2.45, 2.75) is 38.4 Å². The lowest BCUT2D eigenvalue weighted by Crippen LogP contribution is -2.63. The van der Waals surface area contributed by atoms with Crippen LogP contribution in [0.15, 0.2) is 0 Å². The lowest BCUT2D eigenvalue weighted by Gasteiger charge is -2.68. The highest BCUT2D eigenvalue weighted by atomic mass is 32.2. The molecule has 3 saturated carbocycles. The van der Waals surface area contributed by atoms with Gasteiger partial charge in [-0.05, 0) is 55.8 Å². The van der Waals surface area contributed by atoms with E-state index in [0.29, 0.717) is 36.5 Å². The van der Waals surface area contributed by atoms with Crippen molar-refractivity contribution in [3.05, 3.63) is 0 Å². The van der Waals surface area contributed by atoms with Gasteiger partial charge in [-0.1, -0.05) is 6.92 Å². The minimum absolute atomic E-state index is 0.428. The molecule has 0 aromatic carbocycles. The number of hydrogen-bond acceptors (Lipinski definition) is 4. The highest BCUT2D eigenvalue weighted by molar-refractivity contribution is 7.86. The van der Waals surface area contributed by atoms with Crippen LogP contribution in [0, 0.1) is 35.0 Å². The van der Waals surface area contributed by atoms with Crippen LogP contribution in [-0.2, 0) is 19.6 Å². The predicted molar refractivity (Wildman–Crippen MR) is 72.5 cm³/mol. The fraction of sp³-hybridized carbons (Fsp3) is 0.929. The molecule has 6 atom stereocenters. The average molecular weight is 338 g/mol. The highest BCUT2D eigenvalue weighted by Crippen LogP contribution is 2.69. The number of ether oxygens (including phenoxy) is 1. The molecule has 0 aromatic rings. The second-order valence-corrected chi connectivity index (χ2v) is 8.96. The van der Waals surface area contributed by atoms with Crippen molar-refractivity contribution in [1.29, 1.82) is 0 Å². The number of alkyl halides is 2. The third kappa shape index (κ3) is 2.18. The van der Waals surface area contributed by atoms with Crippen LogP contribution >= 0.6 is 0 Å². The summed E-state index contributed by atoms with van der Waals surface area (Å²) < 4.78 is 60.4. The first kappa shape index (κ1) is 16.1. The van der Waals surface area contributed by atoms with Gasteiger partial charge in [0.2, 0.25) is 0 Å². The van der Waals surface area contributed by atoms with E-state index >= 15 is 0 Å². The molecule has 126 valence electrons. The minimum Gasteiger partial charge on any atom is -0.458 e. The molecule has 22 heavy (non-hydrogen) atoms. The number of hydrogen-bond donors (Lipinski definition) is 1. The van der Waals surface area contributed by atoms with Gasteiger partial charge < -0.3 is 4.74 Å². The zero-order valence-electron chi connectivity index (χ0n) is 12.5. The zero-order chi connectivity index (χ0) is 16.5. The summed E-state index contributed by atoms with van der Waals surface area (Å²) in [6, 6.07) is 0. The summed E-state index contributed by atoms with van der Waals surface area (Å²) in [7, 11) is -5.58. The normalized spacial score (nSPS) is 43.6. The van der Waals surface area contributed by atoms with Crippen molar-refractivity contribution >= 4 is 16.1 Å². The SMILES string of the molecule is CC1C2CC3CC(C)(C(=O)OCC(F)(F)S(=O)(=O)O)CC1C32. The van der Waals surface area contributed by atoms with Crippen molar-refractivity contribution in [3.63, 3.8) is 0 Å². The number of carbonyl (C=O) groups is 1. The van der Waals surface area contributed by atoms with E-state index in [1.54, 1.807) is 6.92 Å². The Hall–Kier alpha value is -0.760. The fourth-order valence-electron chi connectivity index (χ4n) is 4.86. The van der Waals surface area contributed by atoms with Gasteiger partial charge in [0.25, 0.3) is 0 Å². The largest absolute Gasteiger partial charge is 0.458 e. The van der Waals surface area contributed by atoms with Crippen molar-refractivity contribution in [2.24, 2.45) is 35.0 Å². The third-order valence-corrected chi connectivity index (χ3v) is 6.97. The standard InChI is InChI=1S/C14H20F2O5S/c1-7-9-3-8-4-13(2,5-10(7)11(8)9)12(17)21-6-14(15,16)22(18,19)20/h7-11H,3-6H2,1-2H3,(H,18,19,20). The molecule has 3 aliphatic rings. The van der Waals surface area contributed by atoms with Gasteiger partial charge >= 0.3 is 21.3 Å². The molecule has 3 fully saturated rings. The van der Waals surface area contributed by atoms with Gasteiger partial charge in [-0.25, -0.2) is 0 Å². The van der Waals surface area contributed by atoms with E-state index in [1.165, 1.54) is 0 Å². The third-order valence-electron chi connectivity index (χ3n) is 6.10. The van der Waals surface area contributed by atoms with Gasteiger partial charge in [0.15, 0.2) is 6.61 Å². The number of rotatable bonds is 4. The molecular formula is C14H20F2O5S. The Morgan fingerprint density at radius 2 is 2.00 bits per heavy atom. The van der Waals surface area contributed by atoms with Crippen LogP contribution in [0.3, 0.4) is 0 Å². The van der Waals surface area contributed by atoms with E-state index in [-0.39, 0.29) is 0 Å². The van der Waals surface area contributed by atoms with Crippen LogP contribution in [0.1, 0.15) is 33.1 Å². The first-order valence-electron chi connectivity index (χ1n) is 7.48. The van der Waals surface area contributed by atoms with Gasteiger partial charge in [0.05, 0.1) is 5.41 Å². The smallest absolute Gasteiger partial charge is 0.402 e. The van der Waals surface area contributed by atoms with Crippen LogP contribution in [-0.4, -0.2) is 30.8 Å². The van der Waals surface area contributed by atoms with Crippen LogP contribution < -0.4 is 0 Å². The summed E-state index contributed by atoms with van der Waals surface area (Å²) in [6.07, 6.45) is 2.28. The van der Waals surface area contributed by atoms with E-state index in [9.17, 15) is 22.0 Å². The lowest BCUT2D eigenvalue weighted by molar-refractivity contribution is -0.213. The first-order valence-corrected chi connectivity index (χ1v) is 8.92. The summed E-state index contributed by atoms with van der Waals surface area (Å²) in [5.74, 6) is 2.04. The minimum atomic E-state index is -5.58. The average Bonchev–Trinajstić information content (AvgIpc) is 2.36. The van der Waals surface area contributed by atoms with Gasteiger partial charge in [0, 0.05) is 0 Å². The predicted octanol–water partition coefficient (Wildman–Crippen LogP) is 2.33. The Bertz CT molecular complexity index is 604. The molecule has 3 rings (SSSR count). The number of halogens is 2. The van der Waals surface area contributed by atoms with Gasteiger partial charge in [0.1, 0.15) is 0 Å². The maximum absolute atomic E-state index is 13.2. The Balaban J connectivity index is 1.65. The van der Waals surface area contributed by atoms with E-state index in [4.69, 9.17) is 4.55 Å². The molecule has 0 radical (unpaired) electrons. The van der Waals surface area contributed by atoms with Crippen LogP contribution in [0.25, 0.3) is 0 Å². The topological polar surface area (TPSA) is 80.7 Å². The fourth-order valence-corrected chi connectivity index (χ4v) is 5.07. The second-order valence-electron chi connectivity index (χ2n) is 7.42. The molecule has 5 nitrogen and oxygen atoms in total. The summed E-state index contributed by atoms with van der Waals surface area (Å²) in [6.45, 7) is 2.22. The molecule has 0 aromatic heterocycles. The molecular weight excluding hydrogens is 318 g/mol. The highest BCUT2D eigenvalue weighted by Gasteiger charge is 2.64. The summed E-state index contributed by atoms with van der Waals surface area (Å²) in [5.41, 5.74) is -0.846. The summed E-state index contributed by atoms with van der Waals surface area (Å²) in [4.78, 5) is 12.2. The van der Waals surface area contributed by atoms with Crippen LogP contribution in [0.5, 0.6) is 0 Å². The molecule has 0 spiro atoms. The van der Waals surface area contributed by atoms with Crippen LogP contribution in [0.2, 0.25) is 0 Å². The second kappa shape index (κ2) is 4.63. The number of carbonyl (C=O) groups excluding carboxylic acids is 1. The molecule has 0 aliphatic heterocycles. The van der Waals surface area contributed by atoms with E-state index in [1.807, 2.05) is 0 Å². The molecule has 0 bridgehead atoms. The lowest BCUT2D eigenvalue weighted by atomic mass is 9.36. The molecule has 1 N–H and O–H groups in total. The Morgan fingerprint density at radius 3 is 2.59 bits per heavy atom. The quantitative estimate of drug-likeness (QED) is 0.628. The van der Waals surface area contributed by atoms with Gasteiger partial charge in [-0.3, -0.25) is 9.35 Å². The summed E-state index contributed by atoms with van der Waals surface area (Å²) in [5, 5.41) is -4.47. The zero-order valence-corrected chi connectivity index (χ0v) is 13.3. The molecule has 3 aliphatic carbocycles. The van der Waals surface area contributed by atoms with Crippen molar-refractivity contribution < 1.29 is 31.3 Å². The van der Waals surface area contributed by atoms with Crippen LogP contribution in [0.4, 0.5) is 8.78 Å². The molecule has 8 heteroatoms. The van der Waals surface area contributed by atoms with E-state index < -0.39 is 33.4 Å². The maximum Gasteiger partial charge on any atom is 0.402 e. The van der Waals surface area contributed by atoms with E-state index in [2.05, 4.69) is 11.7 Å². The molecule has 0 heterocycles. The van der Waals surface area contributed by atoms with Crippen molar-refractivity contribution in [1.82, 2.24) is 0 Å². The van der Waals surface area contributed by atoms with Gasteiger partial charge in [-0.2, -0.15) is 17.2 Å². The molecule has 6 unspecified atom stereocenters. The Labute approximate surface area is 128 Å². The maximum atomic E-state index is 13.2. The first-order chi connectivity index (χ1) is 9.96. The van der Waals surface area contributed by atoms with Gasteiger partial charge in [-0.15, -0.1) is 0 Å².